The molecule has 0 saturated heterocycles. The summed E-state index contributed by atoms with van der Waals surface area (Å²) in [5, 5.41) is 7.13. The van der Waals surface area contributed by atoms with Gasteiger partial charge in [-0.05, 0) is 44.1 Å². The van der Waals surface area contributed by atoms with Crippen LogP contribution in [-0.4, -0.2) is 61.4 Å². The molecule has 0 fully saturated rings. The second-order valence-corrected chi connectivity index (χ2v) is 8.29. The SMILES string of the molecule is CCCCCCCNC(=O)Nc1cc2c3c(cccc3c1)C(=O)N(CCN(C)C)C2=O. The Morgan fingerprint density at radius 1 is 1.00 bits per heavy atom. The Hall–Kier alpha value is -2.93. The fourth-order valence-corrected chi connectivity index (χ4v) is 3.84. The summed E-state index contributed by atoms with van der Waals surface area (Å²) in [5.74, 6) is -0.595. The van der Waals surface area contributed by atoms with Gasteiger partial charge in [0.05, 0.1) is 5.56 Å². The van der Waals surface area contributed by atoms with E-state index in [0.29, 0.717) is 41.8 Å². The maximum Gasteiger partial charge on any atom is 0.319 e. The van der Waals surface area contributed by atoms with Gasteiger partial charge in [0.25, 0.3) is 11.8 Å². The molecule has 7 heteroatoms. The van der Waals surface area contributed by atoms with E-state index in [-0.39, 0.29) is 17.8 Å². The van der Waals surface area contributed by atoms with Crippen LogP contribution >= 0.6 is 0 Å². The molecule has 0 saturated carbocycles. The second kappa shape index (κ2) is 10.4. The van der Waals surface area contributed by atoms with Crippen molar-refractivity contribution in [1.82, 2.24) is 15.1 Å². The van der Waals surface area contributed by atoms with Crippen LogP contribution in [0.15, 0.2) is 30.3 Å². The van der Waals surface area contributed by atoms with Crippen LogP contribution in [0.1, 0.15) is 59.7 Å². The summed E-state index contributed by atoms with van der Waals surface area (Å²) < 4.78 is 0. The molecule has 0 atom stereocenters. The lowest BCUT2D eigenvalue weighted by Crippen LogP contribution is -2.43. The normalized spacial score (nSPS) is 13.2. The number of imide groups is 1. The maximum absolute atomic E-state index is 13.1. The largest absolute Gasteiger partial charge is 0.338 e. The summed E-state index contributed by atoms with van der Waals surface area (Å²) in [5.41, 5.74) is 1.51. The number of nitrogens with one attached hydrogen (secondary N) is 2. The van der Waals surface area contributed by atoms with Crippen molar-refractivity contribution in [3.8, 4) is 0 Å². The number of hydrogen-bond acceptors (Lipinski definition) is 4. The summed E-state index contributed by atoms with van der Waals surface area (Å²) >= 11 is 0. The van der Waals surface area contributed by atoms with Crippen molar-refractivity contribution in [3.63, 3.8) is 0 Å². The molecule has 1 heterocycles. The highest BCUT2D eigenvalue weighted by Gasteiger charge is 2.33. The maximum atomic E-state index is 13.1. The molecule has 1 aliphatic rings. The van der Waals surface area contributed by atoms with E-state index in [1.165, 1.54) is 24.2 Å². The van der Waals surface area contributed by atoms with Gasteiger partial charge >= 0.3 is 6.03 Å². The first-order valence-electron chi connectivity index (χ1n) is 11.0. The third kappa shape index (κ3) is 5.41. The Morgan fingerprint density at radius 3 is 2.48 bits per heavy atom. The lowest BCUT2D eigenvalue weighted by Gasteiger charge is -2.28. The van der Waals surface area contributed by atoms with E-state index in [2.05, 4.69) is 17.6 Å². The number of urea groups is 1. The van der Waals surface area contributed by atoms with Crippen LogP contribution in [0.4, 0.5) is 10.5 Å². The predicted octanol–water partition coefficient (Wildman–Crippen LogP) is 4.09. The van der Waals surface area contributed by atoms with Crippen molar-refractivity contribution in [2.45, 2.75) is 39.0 Å². The van der Waals surface area contributed by atoms with Crippen LogP contribution in [0.3, 0.4) is 0 Å². The number of unbranched alkanes of at least 4 members (excludes halogenated alkanes) is 4. The molecule has 166 valence electrons. The highest BCUT2D eigenvalue weighted by molar-refractivity contribution is 6.26. The molecular formula is C24H32N4O3. The van der Waals surface area contributed by atoms with Crippen molar-refractivity contribution in [1.29, 1.82) is 0 Å². The monoisotopic (exact) mass is 424 g/mol. The summed E-state index contributed by atoms with van der Waals surface area (Å²) in [6.07, 6.45) is 5.64. The third-order valence-electron chi connectivity index (χ3n) is 5.52. The number of rotatable bonds is 10. The van der Waals surface area contributed by atoms with E-state index >= 15 is 0 Å². The number of amides is 4. The van der Waals surface area contributed by atoms with Crippen LogP contribution < -0.4 is 10.6 Å². The first-order valence-corrected chi connectivity index (χ1v) is 11.0. The molecule has 3 rings (SSSR count). The van der Waals surface area contributed by atoms with Gasteiger partial charge in [0, 0.05) is 36.3 Å². The summed E-state index contributed by atoms with van der Waals surface area (Å²) in [4.78, 5) is 41.6. The molecule has 2 aromatic carbocycles. The van der Waals surface area contributed by atoms with Crippen LogP contribution in [0.5, 0.6) is 0 Å². The molecule has 0 unspecified atom stereocenters. The van der Waals surface area contributed by atoms with Crippen molar-refractivity contribution in [2.24, 2.45) is 0 Å². The van der Waals surface area contributed by atoms with Gasteiger partial charge in [-0.1, -0.05) is 44.7 Å². The van der Waals surface area contributed by atoms with Gasteiger partial charge in [-0.25, -0.2) is 4.79 Å². The van der Waals surface area contributed by atoms with Crippen molar-refractivity contribution in [2.75, 3.05) is 39.0 Å². The Balaban J connectivity index is 1.76. The van der Waals surface area contributed by atoms with Crippen LogP contribution in [0, 0.1) is 0 Å². The molecule has 2 aromatic rings. The van der Waals surface area contributed by atoms with E-state index < -0.39 is 0 Å². The zero-order chi connectivity index (χ0) is 22.4. The zero-order valence-corrected chi connectivity index (χ0v) is 18.7. The minimum atomic E-state index is -0.324. The number of nitrogens with zero attached hydrogens (tertiary/aromatic N) is 2. The number of carbonyl (C=O) groups excluding carboxylic acids is 3. The molecule has 0 spiro atoms. The smallest absolute Gasteiger partial charge is 0.319 e. The average Bonchev–Trinajstić information content (AvgIpc) is 2.74. The lowest BCUT2D eigenvalue weighted by atomic mass is 9.93. The van der Waals surface area contributed by atoms with Crippen LogP contribution in [-0.2, 0) is 0 Å². The molecular weight excluding hydrogens is 392 g/mol. The molecule has 0 bridgehead atoms. The number of likely N-dealkylation sites (N-methyl/N-ethyl adjacent to an activating group) is 1. The second-order valence-electron chi connectivity index (χ2n) is 8.29. The lowest BCUT2D eigenvalue weighted by molar-refractivity contribution is 0.0601. The van der Waals surface area contributed by atoms with Gasteiger partial charge in [-0.2, -0.15) is 0 Å². The minimum Gasteiger partial charge on any atom is -0.338 e. The number of carbonyl (C=O) groups is 3. The van der Waals surface area contributed by atoms with E-state index in [0.717, 1.165) is 18.2 Å². The van der Waals surface area contributed by atoms with Crippen molar-refractivity contribution >= 4 is 34.3 Å². The Morgan fingerprint density at radius 2 is 1.74 bits per heavy atom. The molecule has 0 radical (unpaired) electrons. The number of anilines is 1. The summed E-state index contributed by atoms with van der Waals surface area (Å²) in [6.45, 7) is 3.69. The predicted molar refractivity (Wildman–Crippen MR) is 124 cm³/mol. The van der Waals surface area contributed by atoms with Crippen molar-refractivity contribution < 1.29 is 14.4 Å². The number of hydrogen-bond donors (Lipinski definition) is 2. The fourth-order valence-electron chi connectivity index (χ4n) is 3.84. The topological polar surface area (TPSA) is 81.8 Å². The quantitative estimate of drug-likeness (QED) is 0.445. The average molecular weight is 425 g/mol. The Kier molecular flexibility index (Phi) is 7.63. The van der Waals surface area contributed by atoms with Crippen LogP contribution in [0.2, 0.25) is 0 Å². The number of benzene rings is 2. The zero-order valence-electron chi connectivity index (χ0n) is 18.7. The van der Waals surface area contributed by atoms with Gasteiger partial charge in [0.1, 0.15) is 0 Å². The first kappa shape index (κ1) is 22.7. The third-order valence-corrected chi connectivity index (χ3v) is 5.52. The van der Waals surface area contributed by atoms with Gasteiger partial charge in [0.2, 0.25) is 0 Å². The van der Waals surface area contributed by atoms with E-state index in [1.807, 2.05) is 25.1 Å². The molecule has 7 nitrogen and oxygen atoms in total. The van der Waals surface area contributed by atoms with Gasteiger partial charge in [0.15, 0.2) is 0 Å². The first-order chi connectivity index (χ1) is 14.9. The Bertz CT molecular complexity index is 971. The van der Waals surface area contributed by atoms with Crippen LogP contribution in [0.25, 0.3) is 10.8 Å². The highest BCUT2D eigenvalue weighted by Crippen LogP contribution is 2.32. The molecule has 0 aliphatic carbocycles. The molecule has 0 aromatic heterocycles. The summed E-state index contributed by atoms with van der Waals surface area (Å²) in [7, 11) is 3.80. The molecule has 31 heavy (non-hydrogen) atoms. The molecule has 2 N–H and O–H groups in total. The molecule has 4 amide bonds. The molecule has 1 aliphatic heterocycles. The highest BCUT2D eigenvalue weighted by atomic mass is 16.2. The van der Waals surface area contributed by atoms with Crippen molar-refractivity contribution in [3.05, 3.63) is 41.5 Å². The van der Waals surface area contributed by atoms with E-state index in [1.54, 1.807) is 24.3 Å². The standard InChI is InChI=1S/C24H32N4O3/c1-4-5-6-7-8-12-25-24(31)26-18-15-17-10-9-11-19-21(17)20(16-18)23(30)28(22(19)29)14-13-27(2)3/h9-11,15-16H,4-8,12-14H2,1-3H3,(H2,25,26,31). The fraction of sp³-hybridized carbons (Fsp3) is 0.458. The van der Waals surface area contributed by atoms with Gasteiger partial charge in [-0.3, -0.25) is 14.5 Å². The minimum absolute atomic E-state index is 0.272. The van der Waals surface area contributed by atoms with E-state index in [4.69, 9.17) is 0 Å². The Labute approximate surface area is 183 Å². The van der Waals surface area contributed by atoms with Gasteiger partial charge in [-0.15, -0.1) is 0 Å². The van der Waals surface area contributed by atoms with E-state index in [9.17, 15) is 14.4 Å². The van der Waals surface area contributed by atoms with Gasteiger partial charge < -0.3 is 15.5 Å². The summed E-state index contributed by atoms with van der Waals surface area (Å²) in [6, 6.07) is 8.60.